The van der Waals surface area contributed by atoms with Gasteiger partial charge in [-0.05, 0) is 32.1 Å². The number of nitrogens with zero attached hydrogens (tertiary/aromatic N) is 2. The fourth-order valence-electron chi connectivity index (χ4n) is 3.59. The van der Waals surface area contributed by atoms with Crippen LogP contribution in [0.5, 0.6) is 0 Å². The number of pyridine rings is 1. The van der Waals surface area contributed by atoms with Gasteiger partial charge in [0, 0.05) is 43.9 Å². The molecule has 2 aliphatic rings. The number of aromatic nitrogens is 1. The Morgan fingerprint density at radius 1 is 1.43 bits per heavy atom. The van der Waals surface area contributed by atoms with E-state index in [1.807, 2.05) is 25.5 Å². The van der Waals surface area contributed by atoms with Crippen LogP contribution < -0.4 is 5.32 Å². The SMILES string of the molecule is CNC1CCC2(CC1N(C)Cc1cccnc1)OCCO2. The molecule has 3 rings (SSSR count). The van der Waals surface area contributed by atoms with Crippen molar-refractivity contribution in [1.82, 2.24) is 15.2 Å². The zero-order valence-corrected chi connectivity index (χ0v) is 12.9. The molecule has 1 spiro atoms. The molecule has 1 N–H and O–H groups in total. The van der Waals surface area contributed by atoms with Gasteiger partial charge in [0.2, 0.25) is 0 Å². The van der Waals surface area contributed by atoms with E-state index < -0.39 is 0 Å². The monoisotopic (exact) mass is 291 g/mol. The number of likely N-dealkylation sites (N-methyl/N-ethyl adjacent to an activating group) is 2. The Morgan fingerprint density at radius 2 is 2.24 bits per heavy atom. The lowest BCUT2D eigenvalue weighted by atomic mass is 9.84. The minimum Gasteiger partial charge on any atom is -0.347 e. The summed E-state index contributed by atoms with van der Waals surface area (Å²) in [5.74, 6) is -0.346. The van der Waals surface area contributed by atoms with Crippen molar-refractivity contribution in [2.75, 3.05) is 27.3 Å². The van der Waals surface area contributed by atoms with E-state index in [1.165, 1.54) is 5.56 Å². The van der Waals surface area contributed by atoms with Crippen molar-refractivity contribution in [3.05, 3.63) is 30.1 Å². The number of rotatable bonds is 4. The van der Waals surface area contributed by atoms with E-state index in [0.717, 1.165) is 39.0 Å². The van der Waals surface area contributed by atoms with Gasteiger partial charge >= 0.3 is 0 Å². The van der Waals surface area contributed by atoms with Crippen molar-refractivity contribution in [1.29, 1.82) is 0 Å². The van der Waals surface area contributed by atoms with Gasteiger partial charge in [-0.25, -0.2) is 0 Å². The first kappa shape index (κ1) is 14.9. The maximum atomic E-state index is 5.92. The van der Waals surface area contributed by atoms with Crippen LogP contribution >= 0.6 is 0 Å². The summed E-state index contributed by atoms with van der Waals surface area (Å²) >= 11 is 0. The Morgan fingerprint density at radius 3 is 2.90 bits per heavy atom. The van der Waals surface area contributed by atoms with Crippen LogP contribution in [-0.2, 0) is 16.0 Å². The van der Waals surface area contributed by atoms with E-state index in [0.29, 0.717) is 12.1 Å². The third-order valence-electron chi connectivity index (χ3n) is 4.73. The van der Waals surface area contributed by atoms with Crippen molar-refractivity contribution in [2.24, 2.45) is 0 Å². The molecule has 1 aromatic rings. The lowest BCUT2D eigenvalue weighted by Gasteiger charge is -2.44. The van der Waals surface area contributed by atoms with Crippen LogP contribution in [0.4, 0.5) is 0 Å². The molecule has 2 heterocycles. The molecule has 1 aliphatic heterocycles. The van der Waals surface area contributed by atoms with Crippen molar-refractivity contribution in [3.63, 3.8) is 0 Å². The van der Waals surface area contributed by atoms with Gasteiger partial charge < -0.3 is 14.8 Å². The van der Waals surface area contributed by atoms with E-state index in [1.54, 1.807) is 0 Å². The van der Waals surface area contributed by atoms with Crippen LogP contribution in [0.25, 0.3) is 0 Å². The van der Waals surface area contributed by atoms with E-state index in [4.69, 9.17) is 9.47 Å². The molecule has 0 radical (unpaired) electrons. The van der Waals surface area contributed by atoms with E-state index in [9.17, 15) is 0 Å². The first-order valence-corrected chi connectivity index (χ1v) is 7.77. The Bertz CT molecular complexity index is 448. The number of hydrogen-bond acceptors (Lipinski definition) is 5. The predicted octanol–water partition coefficient (Wildman–Crippen LogP) is 1.40. The zero-order chi connectivity index (χ0) is 14.7. The summed E-state index contributed by atoms with van der Waals surface area (Å²) in [5.41, 5.74) is 1.24. The highest BCUT2D eigenvalue weighted by Crippen LogP contribution is 2.37. The summed E-state index contributed by atoms with van der Waals surface area (Å²) in [6.07, 6.45) is 6.74. The molecule has 0 aromatic carbocycles. The third kappa shape index (κ3) is 3.26. The highest BCUT2D eigenvalue weighted by atomic mass is 16.7. The number of ether oxygens (including phenoxy) is 2. The molecule has 0 bridgehead atoms. The molecule has 1 saturated carbocycles. The van der Waals surface area contributed by atoms with Crippen LogP contribution in [0.15, 0.2) is 24.5 Å². The second-order valence-electron chi connectivity index (χ2n) is 6.09. The molecular weight excluding hydrogens is 266 g/mol. The Labute approximate surface area is 126 Å². The topological polar surface area (TPSA) is 46.6 Å². The number of hydrogen-bond donors (Lipinski definition) is 1. The molecule has 1 aromatic heterocycles. The summed E-state index contributed by atoms with van der Waals surface area (Å²) in [7, 11) is 4.22. The maximum Gasteiger partial charge on any atom is 0.170 e. The molecule has 0 amide bonds. The summed E-state index contributed by atoms with van der Waals surface area (Å²) in [6, 6.07) is 5.00. The molecule has 5 heteroatoms. The van der Waals surface area contributed by atoms with Gasteiger partial charge in [-0.2, -0.15) is 0 Å². The highest BCUT2D eigenvalue weighted by Gasteiger charge is 2.45. The van der Waals surface area contributed by atoms with Crippen molar-refractivity contribution in [3.8, 4) is 0 Å². The van der Waals surface area contributed by atoms with Crippen molar-refractivity contribution >= 4 is 0 Å². The maximum absolute atomic E-state index is 5.92. The largest absolute Gasteiger partial charge is 0.347 e. The van der Waals surface area contributed by atoms with Gasteiger partial charge in [-0.1, -0.05) is 6.07 Å². The fraction of sp³-hybridized carbons (Fsp3) is 0.688. The fourth-order valence-corrected chi connectivity index (χ4v) is 3.59. The van der Waals surface area contributed by atoms with E-state index >= 15 is 0 Å². The number of nitrogens with one attached hydrogen (secondary N) is 1. The third-order valence-corrected chi connectivity index (χ3v) is 4.73. The normalized spacial score (nSPS) is 28.3. The van der Waals surface area contributed by atoms with Crippen LogP contribution in [0, 0.1) is 0 Å². The summed E-state index contributed by atoms with van der Waals surface area (Å²) < 4.78 is 11.8. The molecule has 2 fully saturated rings. The van der Waals surface area contributed by atoms with Crippen LogP contribution in [0.2, 0.25) is 0 Å². The lowest BCUT2D eigenvalue weighted by molar-refractivity contribution is -0.192. The first-order valence-electron chi connectivity index (χ1n) is 7.77. The molecule has 116 valence electrons. The van der Waals surface area contributed by atoms with Gasteiger partial charge in [0.05, 0.1) is 13.2 Å². The summed E-state index contributed by atoms with van der Waals surface area (Å²) in [5, 5.41) is 3.46. The molecular formula is C16H25N3O2. The van der Waals surface area contributed by atoms with Gasteiger partial charge in [-0.15, -0.1) is 0 Å². The van der Waals surface area contributed by atoms with Crippen molar-refractivity contribution in [2.45, 2.75) is 43.7 Å². The summed E-state index contributed by atoms with van der Waals surface area (Å²) in [6.45, 7) is 2.35. The smallest absolute Gasteiger partial charge is 0.170 e. The molecule has 5 nitrogen and oxygen atoms in total. The zero-order valence-electron chi connectivity index (χ0n) is 12.9. The van der Waals surface area contributed by atoms with Crippen LogP contribution in [0.1, 0.15) is 24.8 Å². The minimum atomic E-state index is -0.346. The van der Waals surface area contributed by atoms with Crippen molar-refractivity contribution < 1.29 is 9.47 Å². The van der Waals surface area contributed by atoms with Crippen LogP contribution in [0.3, 0.4) is 0 Å². The molecule has 1 aliphatic carbocycles. The Kier molecular flexibility index (Phi) is 4.54. The average Bonchev–Trinajstić information content (AvgIpc) is 2.96. The van der Waals surface area contributed by atoms with Gasteiger partial charge in [0.15, 0.2) is 5.79 Å². The Hall–Kier alpha value is -1.01. The minimum absolute atomic E-state index is 0.346. The average molecular weight is 291 g/mol. The van der Waals surface area contributed by atoms with Gasteiger partial charge in [0.25, 0.3) is 0 Å². The predicted molar refractivity (Wildman–Crippen MR) is 80.8 cm³/mol. The van der Waals surface area contributed by atoms with Gasteiger partial charge in [0.1, 0.15) is 0 Å². The standard InChI is InChI=1S/C16H25N3O2/c1-17-14-5-6-16(20-8-9-21-16)10-15(14)19(2)12-13-4-3-7-18-11-13/h3-4,7,11,14-15,17H,5-6,8-10,12H2,1-2H3. The molecule has 1 saturated heterocycles. The molecule has 2 atom stereocenters. The quantitative estimate of drug-likeness (QED) is 0.908. The first-order chi connectivity index (χ1) is 10.2. The second kappa shape index (κ2) is 6.40. The van der Waals surface area contributed by atoms with Gasteiger partial charge in [-0.3, -0.25) is 9.88 Å². The van der Waals surface area contributed by atoms with E-state index in [2.05, 4.69) is 28.3 Å². The van der Waals surface area contributed by atoms with Crippen LogP contribution in [-0.4, -0.2) is 55.1 Å². The van der Waals surface area contributed by atoms with E-state index in [-0.39, 0.29) is 5.79 Å². The molecule has 21 heavy (non-hydrogen) atoms. The molecule has 2 unspecified atom stereocenters. The highest BCUT2D eigenvalue weighted by molar-refractivity contribution is 5.09. The lowest BCUT2D eigenvalue weighted by Crippen LogP contribution is -2.56. The Balaban J connectivity index is 1.70. The second-order valence-corrected chi connectivity index (χ2v) is 6.09. The summed E-state index contributed by atoms with van der Waals surface area (Å²) in [4.78, 5) is 6.59.